The number of hydrogen-bond acceptors (Lipinski definition) is 5. The quantitative estimate of drug-likeness (QED) is 0.471. The summed E-state index contributed by atoms with van der Waals surface area (Å²) >= 11 is 0. The normalized spacial score (nSPS) is 23.5. The number of ketones is 1. The molecule has 1 aromatic carbocycles. The number of carbonyl (C=O) groups excluding carboxylic acids is 3. The van der Waals surface area contributed by atoms with Crippen LogP contribution in [0.3, 0.4) is 0 Å². The van der Waals surface area contributed by atoms with Gasteiger partial charge in [-0.25, -0.2) is 0 Å². The molecule has 130 valence electrons. The maximum Gasteiger partial charge on any atom is 0.321 e. The average molecular weight is 332 g/mol. The molecule has 5 nitrogen and oxygen atoms in total. The lowest BCUT2D eigenvalue weighted by molar-refractivity contribution is -0.157. The molecule has 1 saturated heterocycles. The Bertz CT molecular complexity index is 644. The first kappa shape index (κ1) is 18.2. The van der Waals surface area contributed by atoms with Gasteiger partial charge in [0.05, 0.1) is 6.61 Å². The molecule has 0 spiro atoms. The molecule has 0 amide bonds. The average Bonchev–Trinajstić information content (AvgIpc) is 2.75. The third kappa shape index (κ3) is 3.35. The van der Waals surface area contributed by atoms with E-state index < -0.39 is 35.3 Å². The van der Waals surface area contributed by atoms with Gasteiger partial charge in [-0.05, 0) is 27.7 Å². The van der Waals surface area contributed by atoms with Gasteiger partial charge >= 0.3 is 11.9 Å². The summed E-state index contributed by atoms with van der Waals surface area (Å²) in [6, 6.07) is 7.25. The van der Waals surface area contributed by atoms with Crippen molar-refractivity contribution in [3.05, 3.63) is 35.4 Å². The van der Waals surface area contributed by atoms with Crippen LogP contribution < -0.4 is 0 Å². The zero-order valence-corrected chi connectivity index (χ0v) is 14.8. The zero-order chi connectivity index (χ0) is 18.1. The van der Waals surface area contributed by atoms with Crippen LogP contribution in [0.25, 0.3) is 0 Å². The van der Waals surface area contributed by atoms with Gasteiger partial charge in [-0.2, -0.15) is 0 Å². The molecule has 24 heavy (non-hydrogen) atoms. The van der Waals surface area contributed by atoms with Crippen molar-refractivity contribution in [3.8, 4) is 0 Å². The van der Waals surface area contributed by atoms with E-state index in [1.54, 1.807) is 39.8 Å². The molecule has 5 heteroatoms. The largest absolute Gasteiger partial charge is 0.465 e. The fraction of sp³-hybridized carbons (Fsp3) is 0.526. The first-order chi connectivity index (χ1) is 11.2. The van der Waals surface area contributed by atoms with Gasteiger partial charge in [0, 0.05) is 17.4 Å². The standard InChI is InChI=1S/C19H24O5/c1-6-23-17(21)14-15(19(4,5)24-18(14)22)12(3)16(20)13-9-7-11(2)8-10-13/h7-10,12,14-15H,6H2,1-5H3/t12-,14+,15+/m1/s1. The Hall–Kier alpha value is -2.17. The number of ether oxygens (including phenoxy) is 2. The van der Waals surface area contributed by atoms with Gasteiger partial charge < -0.3 is 9.47 Å². The molecule has 0 bridgehead atoms. The van der Waals surface area contributed by atoms with Gasteiger partial charge in [0.25, 0.3) is 0 Å². The highest BCUT2D eigenvalue weighted by molar-refractivity contribution is 6.01. The van der Waals surface area contributed by atoms with Crippen LogP contribution in [0.5, 0.6) is 0 Å². The van der Waals surface area contributed by atoms with Crippen molar-refractivity contribution < 1.29 is 23.9 Å². The van der Waals surface area contributed by atoms with E-state index in [2.05, 4.69) is 0 Å². The second-order valence-electron chi connectivity index (χ2n) is 6.80. The first-order valence-electron chi connectivity index (χ1n) is 8.19. The molecule has 1 heterocycles. The van der Waals surface area contributed by atoms with Crippen LogP contribution in [0, 0.1) is 24.7 Å². The van der Waals surface area contributed by atoms with Crippen molar-refractivity contribution in [1.29, 1.82) is 0 Å². The smallest absolute Gasteiger partial charge is 0.321 e. The number of Topliss-reactive ketones (excluding diaryl/α,β-unsaturated/α-hetero) is 1. The molecule has 1 aliphatic rings. The molecule has 3 atom stereocenters. The molecule has 1 fully saturated rings. The highest BCUT2D eigenvalue weighted by Crippen LogP contribution is 2.43. The van der Waals surface area contributed by atoms with E-state index in [0.29, 0.717) is 5.56 Å². The summed E-state index contributed by atoms with van der Waals surface area (Å²) in [5.74, 6) is -3.54. The third-order valence-electron chi connectivity index (χ3n) is 4.61. The molecular formula is C19H24O5. The lowest BCUT2D eigenvalue weighted by Gasteiger charge is -2.30. The number of aryl methyl sites for hydroxylation is 1. The lowest BCUT2D eigenvalue weighted by Crippen LogP contribution is -2.41. The number of cyclic esters (lactones) is 1. The minimum atomic E-state index is -1.07. The van der Waals surface area contributed by atoms with E-state index in [9.17, 15) is 14.4 Å². The summed E-state index contributed by atoms with van der Waals surface area (Å²) in [6.45, 7) is 9.00. The Labute approximate surface area is 142 Å². The number of carbonyl (C=O) groups is 3. The Morgan fingerprint density at radius 1 is 1.25 bits per heavy atom. The van der Waals surface area contributed by atoms with Crippen molar-refractivity contribution in [3.63, 3.8) is 0 Å². The molecule has 2 rings (SSSR count). The lowest BCUT2D eigenvalue weighted by atomic mass is 9.72. The van der Waals surface area contributed by atoms with Crippen LogP contribution in [0.15, 0.2) is 24.3 Å². The summed E-state index contributed by atoms with van der Waals surface area (Å²) in [7, 11) is 0. The van der Waals surface area contributed by atoms with Crippen LogP contribution >= 0.6 is 0 Å². The molecule has 0 aromatic heterocycles. The molecule has 1 aliphatic heterocycles. The van der Waals surface area contributed by atoms with Crippen LogP contribution in [0.4, 0.5) is 0 Å². The molecule has 0 radical (unpaired) electrons. The van der Waals surface area contributed by atoms with Crippen molar-refractivity contribution in [1.82, 2.24) is 0 Å². The van der Waals surface area contributed by atoms with E-state index in [0.717, 1.165) is 5.56 Å². The maximum atomic E-state index is 12.8. The summed E-state index contributed by atoms with van der Waals surface area (Å²) in [6.07, 6.45) is 0. The second-order valence-corrected chi connectivity index (χ2v) is 6.80. The van der Waals surface area contributed by atoms with Gasteiger partial charge in [0.1, 0.15) is 5.60 Å². The van der Waals surface area contributed by atoms with E-state index in [1.807, 2.05) is 19.1 Å². The van der Waals surface area contributed by atoms with E-state index >= 15 is 0 Å². The molecule has 0 saturated carbocycles. The number of rotatable bonds is 5. The summed E-state index contributed by atoms with van der Waals surface area (Å²) in [5.41, 5.74) is 0.711. The van der Waals surface area contributed by atoms with Crippen LogP contribution in [0.1, 0.15) is 43.6 Å². The Morgan fingerprint density at radius 3 is 2.38 bits per heavy atom. The van der Waals surface area contributed by atoms with Crippen LogP contribution in [-0.4, -0.2) is 29.9 Å². The number of esters is 2. The zero-order valence-electron chi connectivity index (χ0n) is 14.8. The summed E-state index contributed by atoms with van der Waals surface area (Å²) in [5, 5.41) is 0. The Kier molecular flexibility index (Phi) is 5.11. The number of hydrogen-bond donors (Lipinski definition) is 0. The van der Waals surface area contributed by atoms with Crippen LogP contribution in [-0.2, 0) is 19.1 Å². The fourth-order valence-electron chi connectivity index (χ4n) is 3.45. The molecule has 0 unspecified atom stereocenters. The van der Waals surface area contributed by atoms with Gasteiger partial charge in [-0.3, -0.25) is 14.4 Å². The SMILES string of the molecule is CCOC(=O)[C@H]1C(=O)OC(C)(C)[C@H]1[C@@H](C)C(=O)c1ccc(C)cc1. The van der Waals surface area contributed by atoms with Crippen LogP contribution in [0.2, 0.25) is 0 Å². The second kappa shape index (κ2) is 6.75. The third-order valence-corrected chi connectivity index (χ3v) is 4.61. The van der Waals surface area contributed by atoms with Crippen molar-refractivity contribution in [2.75, 3.05) is 6.61 Å². The molecular weight excluding hydrogens is 308 g/mol. The highest BCUT2D eigenvalue weighted by Gasteiger charge is 2.57. The maximum absolute atomic E-state index is 12.8. The minimum absolute atomic E-state index is 0.110. The predicted molar refractivity (Wildman–Crippen MR) is 88.5 cm³/mol. The van der Waals surface area contributed by atoms with E-state index in [-0.39, 0.29) is 12.4 Å². The number of benzene rings is 1. The molecule has 0 aliphatic carbocycles. The van der Waals surface area contributed by atoms with E-state index in [1.165, 1.54) is 0 Å². The van der Waals surface area contributed by atoms with Gasteiger partial charge in [-0.1, -0.05) is 36.8 Å². The first-order valence-corrected chi connectivity index (χ1v) is 8.19. The monoisotopic (exact) mass is 332 g/mol. The van der Waals surface area contributed by atoms with E-state index in [4.69, 9.17) is 9.47 Å². The van der Waals surface area contributed by atoms with Crippen molar-refractivity contribution >= 4 is 17.7 Å². The van der Waals surface area contributed by atoms with Gasteiger partial charge in [-0.15, -0.1) is 0 Å². The Morgan fingerprint density at radius 2 is 1.83 bits per heavy atom. The summed E-state index contributed by atoms with van der Waals surface area (Å²) < 4.78 is 10.4. The van der Waals surface area contributed by atoms with Gasteiger partial charge in [0.15, 0.2) is 11.7 Å². The van der Waals surface area contributed by atoms with Crippen molar-refractivity contribution in [2.24, 2.45) is 17.8 Å². The van der Waals surface area contributed by atoms with Crippen molar-refractivity contribution in [2.45, 2.75) is 40.2 Å². The van der Waals surface area contributed by atoms with Gasteiger partial charge in [0.2, 0.25) is 0 Å². The predicted octanol–water partition coefficient (Wildman–Crippen LogP) is 2.94. The summed E-state index contributed by atoms with van der Waals surface area (Å²) in [4.78, 5) is 37.3. The Balaban J connectivity index is 2.33. The highest BCUT2D eigenvalue weighted by atomic mass is 16.6. The molecule has 0 N–H and O–H groups in total. The fourth-order valence-corrected chi connectivity index (χ4v) is 3.45. The molecule has 1 aromatic rings. The minimum Gasteiger partial charge on any atom is -0.465 e. The topological polar surface area (TPSA) is 69.7 Å².